The van der Waals surface area contributed by atoms with Crippen molar-refractivity contribution in [3.8, 4) is 0 Å². The Balaban J connectivity index is 1.92. The van der Waals surface area contributed by atoms with E-state index >= 15 is 0 Å². The molecule has 4 atom stereocenters. The van der Waals surface area contributed by atoms with E-state index in [1.807, 2.05) is 12.1 Å². The zero-order valence-electron chi connectivity index (χ0n) is 16.3. The summed E-state index contributed by atoms with van der Waals surface area (Å²) >= 11 is 3.39. The number of amides is 2. The van der Waals surface area contributed by atoms with Crippen LogP contribution in [-0.4, -0.2) is 41.6 Å². The molecule has 7 nitrogen and oxygen atoms in total. The van der Waals surface area contributed by atoms with E-state index in [1.165, 1.54) is 0 Å². The molecule has 2 amide bonds. The van der Waals surface area contributed by atoms with E-state index in [4.69, 9.17) is 4.74 Å². The van der Waals surface area contributed by atoms with Crippen LogP contribution in [0, 0.1) is 17.8 Å². The highest BCUT2D eigenvalue weighted by atomic mass is 79.9. The van der Waals surface area contributed by atoms with Crippen LogP contribution in [-0.2, 0) is 19.7 Å². The fraction of sp³-hybridized carbons (Fsp3) is 0.550. The van der Waals surface area contributed by atoms with Gasteiger partial charge in [0.2, 0.25) is 5.91 Å². The van der Waals surface area contributed by atoms with Crippen LogP contribution in [0.1, 0.15) is 33.3 Å². The Labute approximate surface area is 172 Å². The molecular formula is C20H25BrN2O5. The smallest absolute Gasteiger partial charge is 0.407 e. The van der Waals surface area contributed by atoms with Crippen molar-refractivity contribution in [3.63, 3.8) is 0 Å². The van der Waals surface area contributed by atoms with E-state index in [1.54, 1.807) is 33.8 Å². The number of halogens is 1. The predicted molar refractivity (Wildman–Crippen MR) is 107 cm³/mol. The van der Waals surface area contributed by atoms with Crippen molar-refractivity contribution < 1.29 is 24.2 Å². The van der Waals surface area contributed by atoms with E-state index in [2.05, 4.69) is 26.6 Å². The Hall–Kier alpha value is -1.93. The minimum atomic E-state index is -1.15. The Morgan fingerprint density at radius 1 is 1.36 bits per heavy atom. The van der Waals surface area contributed by atoms with Crippen LogP contribution >= 0.6 is 15.9 Å². The molecule has 0 bridgehead atoms. The van der Waals surface area contributed by atoms with Crippen molar-refractivity contribution in [2.24, 2.45) is 17.8 Å². The quantitative estimate of drug-likeness (QED) is 0.653. The minimum absolute atomic E-state index is 0.00417. The summed E-state index contributed by atoms with van der Waals surface area (Å²) in [7, 11) is 0. The molecule has 1 aromatic rings. The lowest BCUT2D eigenvalue weighted by Gasteiger charge is -2.33. The first-order valence-corrected chi connectivity index (χ1v) is 10.0. The van der Waals surface area contributed by atoms with Crippen LogP contribution in [0.3, 0.4) is 0 Å². The van der Waals surface area contributed by atoms with Gasteiger partial charge in [-0.25, -0.2) is 4.79 Å². The highest BCUT2D eigenvalue weighted by molar-refractivity contribution is 9.10. The number of alkyl carbamates (subject to hydrolysis) is 1. The van der Waals surface area contributed by atoms with Crippen LogP contribution < -0.4 is 10.6 Å². The average Bonchev–Trinajstić information content (AvgIpc) is 2.98. The summed E-state index contributed by atoms with van der Waals surface area (Å²) in [4.78, 5) is 38.1. The predicted octanol–water partition coefficient (Wildman–Crippen LogP) is 2.61. The minimum Gasteiger partial charge on any atom is -0.444 e. The van der Waals surface area contributed by atoms with Crippen LogP contribution in [0.15, 0.2) is 22.7 Å². The molecular weight excluding hydrogens is 428 g/mol. The summed E-state index contributed by atoms with van der Waals surface area (Å²) in [5, 5.41) is 15.6. The molecule has 0 radical (unpaired) electrons. The number of aliphatic hydroxyl groups is 1. The van der Waals surface area contributed by atoms with Gasteiger partial charge in [0.25, 0.3) is 0 Å². The number of aliphatic hydroxyl groups excluding tert-OH is 1. The van der Waals surface area contributed by atoms with Gasteiger partial charge in [-0.15, -0.1) is 0 Å². The van der Waals surface area contributed by atoms with Gasteiger partial charge in [0.1, 0.15) is 11.4 Å². The van der Waals surface area contributed by atoms with E-state index in [-0.39, 0.29) is 24.8 Å². The van der Waals surface area contributed by atoms with Gasteiger partial charge in [0, 0.05) is 41.1 Å². The SMILES string of the molecule is C[C@@H]1C(=O)[C@@H](CNC(=O)OC(C)(C)C)[C@H](CO)[C@]12C(=O)Nc1cc(Br)ccc12. The number of anilines is 1. The Kier molecular flexibility index (Phi) is 5.31. The van der Waals surface area contributed by atoms with Crippen molar-refractivity contribution in [1.29, 1.82) is 0 Å². The third-order valence-electron chi connectivity index (χ3n) is 5.66. The lowest BCUT2D eigenvalue weighted by atomic mass is 9.67. The Morgan fingerprint density at radius 3 is 2.64 bits per heavy atom. The molecule has 3 N–H and O–H groups in total. The standard InChI is InChI=1S/C20H25BrN2O5/c1-10-16(25)12(8-22-18(27)28-19(2,3)4)14(9-24)20(10)13-6-5-11(21)7-15(13)23-17(20)26/h5-7,10,12,14,24H,8-9H2,1-4H3,(H,22,27)(H,23,26)/t10-,12+,14+,20+/m1/s1. The molecule has 1 spiro atoms. The first kappa shape index (κ1) is 20.8. The lowest BCUT2D eigenvalue weighted by molar-refractivity contribution is -0.128. The highest BCUT2D eigenvalue weighted by Gasteiger charge is 2.65. The molecule has 1 fully saturated rings. The topological polar surface area (TPSA) is 105 Å². The second kappa shape index (κ2) is 7.15. The van der Waals surface area contributed by atoms with E-state index < -0.39 is 34.9 Å². The summed E-state index contributed by atoms with van der Waals surface area (Å²) in [5.41, 5.74) is -0.465. The molecule has 1 saturated carbocycles. The molecule has 1 aliphatic carbocycles. The number of hydrogen-bond acceptors (Lipinski definition) is 5. The third kappa shape index (κ3) is 3.22. The first-order chi connectivity index (χ1) is 13.0. The zero-order chi connectivity index (χ0) is 20.9. The molecule has 8 heteroatoms. The number of fused-ring (bicyclic) bond motifs is 2. The lowest BCUT2D eigenvalue weighted by Crippen LogP contribution is -2.46. The highest BCUT2D eigenvalue weighted by Crippen LogP contribution is 2.56. The van der Waals surface area contributed by atoms with Crippen LogP contribution in [0.4, 0.5) is 10.5 Å². The number of carbonyl (C=O) groups excluding carboxylic acids is 3. The largest absolute Gasteiger partial charge is 0.444 e. The number of ketones is 1. The molecule has 0 saturated heterocycles. The van der Waals surface area contributed by atoms with E-state index in [9.17, 15) is 19.5 Å². The molecule has 28 heavy (non-hydrogen) atoms. The second-order valence-electron chi connectivity index (χ2n) is 8.42. The van der Waals surface area contributed by atoms with Gasteiger partial charge in [-0.3, -0.25) is 9.59 Å². The fourth-order valence-corrected chi connectivity index (χ4v) is 4.89. The molecule has 1 aromatic carbocycles. The van der Waals surface area contributed by atoms with Crippen molar-refractivity contribution in [2.75, 3.05) is 18.5 Å². The second-order valence-corrected chi connectivity index (χ2v) is 9.33. The zero-order valence-corrected chi connectivity index (χ0v) is 17.9. The molecule has 0 unspecified atom stereocenters. The molecule has 1 heterocycles. The first-order valence-electron chi connectivity index (χ1n) is 9.25. The maximum atomic E-state index is 13.1. The van der Waals surface area contributed by atoms with Crippen molar-refractivity contribution in [2.45, 2.75) is 38.7 Å². The summed E-state index contributed by atoms with van der Waals surface area (Å²) < 4.78 is 6.04. The summed E-state index contributed by atoms with van der Waals surface area (Å²) in [6, 6.07) is 5.42. The molecule has 0 aromatic heterocycles. The van der Waals surface area contributed by atoms with E-state index in [0.717, 1.165) is 4.47 Å². The third-order valence-corrected chi connectivity index (χ3v) is 6.15. The number of rotatable bonds is 3. The normalized spacial score (nSPS) is 29.0. The van der Waals surface area contributed by atoms with Crippen LogP contribution in [0.25, 0.3) is 0 Å². The number of benzene rings is 1. The van der Waals surface area contributed by atoms with E-state index in [0.29, 0.717) is 11.3 Å². The molecule has 1 aliphatic heterocycles. The van der Waals surface area contributed by atoms with Gasteiger partial charge < -0.3 is 20.5 Å². The van der Waals surface area contributed by atoms with Gasteiger partial charge in [0.05, 0.1) is 5.41 Å². The number of carbonyl (C=O) groups is 3. The summed E-state index contributed by atoms with van der Waals surface area (Å²) in [6.45, 7) is 6.62. The van der Waals surface area contributed by atoms with Gasteiger partial charge in [-0.05, 0) is 38.5 Å². The number of ether oxygens (including phenoxy) is 1. The summed E-state index contributed by atoms with van der Waals surface area (Å²) in [6.07, 6.45) is -0.634. The van der Waals surface area contributed by atoms with Gasteiger partial charge >= 0.3 is 6.09 Å². The molecule has 152 valence electrons. The monoisotopic (exact) mass is 452 g/mol. The van der Waals surface area contributed by atoms with Gasteiger partial charge in [-0.2, -0.15) is 0 Å². The van der Waals surface area contributed by atoms with Gasteiger partial charge in [0.15, 0.2) is 0 Å². The maximum Gasteiger partial charge on any atom is 0.407 e. The van der Waals surface area contributed by atoms with Crippen LogP contribution in [0.5, 0.6) is 0 Å². The Morgan fingerprint density at radius 2 is 2.04 bits per heavy atom. The number of nitrogens with one attached hydrogen (secondary N) is 2. The number of hydrogen-bond donors (Lipinski definition) is 3. The van der Waals surface area contributed by atoms with Crippen LogP contribution in [0.2, 0.25) is 0 Å². The average molecular weight is 453 g/mol. The maximum absolute atomic E-state index is 13.1. The molecule has 2 aliphatic rings. The fourth-order valence-electron chi connectivity index (χ4n) is 4.53. The Bertz CT molecular complexity index is 834. The van der Waals surface area contributed by atoms with Crippen molar-refractivity contribution in [1.82, 2.24) is 5.32 Å². The van der Waals surface area contributed by atoms with Crippen molar-refractivity contribution in [3.05, 3.63) is 28.2 Å². The van der Waals surface area contributed by atoms with Crippen molar-refractivity contribution >= 4 is 39.4 Å². The molecule has 3 rings (SSSR count). The number of Topliss-reactive ketones (excluding diaryl/α,β-unsaturated/α-hetero) is 1. The van der Waals surface area contributed by atoms with Gasteiger partial charge in [-0.1, -0.05) is 28.9 Å². The summed E-state index contributed by atoms with van der Waals surface area (Å²) in [5.74, 6) is -2.40.